The maximum absolute atomic E-state index is 12.0. The number of aliphatic imine (C=N–C) groups is 1. The van der Waals surface area contributed by atoms with Crippen LogP contribution in [0.5, 0.6) is 0 Å². The second kappa shape index (κ2) is 10.3. The van der Waals surface area contributed by atoms with Crippen LogP contribution in [0.3, 0.4) is 0 Å². The third-order valence-corrected chi connectivity index (χ3v) is 4.39. The van der Waals surface area contributed by atoms with Gasteiger partial charge in [0.15, 0.2) is 11.7 Å². The topological polar surface area (TPSA) is 108 Å². The first-order chi connectivity index (χ1) is 14.2. The van der Waals surface area contributed by atoms with Gasteiger partial charge in [0.1, 0.15) is 0 Å². The van der Waals surface area contributed by atoms with E-state index in [0.29, 0.717) is 31.3 Å². The maximum atomic E-state index is 12.0. The third kappa shape index (κ3) is 6.67. The van der Waals surface area contributed by atoms with E-state index >= 15 is 0 Å². The van der Waals surface area contributed by atoms with Crippen molar-refractivity contribution in [3.05, 3.63) is 54.0 Å². The van der Waals surface area contributed by atoms with E-state index < -0.39 is 0 Å². The lowest BCUT2D eigenvalue weighted by molar-refractivity contribution is -0.122. The normalized spacial score (nSPS) is 13.6. The summed E-state index contributed by atoms with van der Waals surface area (Å²) < 4.78 is 5.08. The molecule has 29 heavy (non-hydrogen) atoms. The zero-order valence-corrected chi connectivity index (χ0v) is 16.5. The molecule has 3 rings (SSSR count). The van der Waals surface area contributed by atoms with E-state index in [2.05, 4.69) is 26.3 Å². The molecule has 154 valence electrons. The van der Waals surface area contributed by atoms with Crippen molar-refractivity contribution in [2.24, 2.45) is 10.9 Å². The van der Waals surface area contributed by atoms with Gasteiger partial charge in [-0.3, -0.25) is 9.59 Å². The van der Waals surface area contributed by atoms with Crippen molar-refractivity contribution in [2.45, 2.75) is 26.3 Å². The largest absolute Gasteiger partial charge is 0.459 e. The zero-order valence-electron chi connectivity index (χ0n) is 16.5. The monoisotopic (exact) mass is 397 g/mol. The number of benzene rings is 1. The highest BCUT2D eigenvalue weighted by Crippen LogP contribution is 2.28. The number of rotatable bonds is 9. The summed E-state index contributed by atoms with van der Waals surface area (Å²) in [6.07, 6.45) is 3.48. The zero-order chi connectivity index (χ0) is 20.5. The molecule has 8 heteroatoms. The highest BCUT2D eigenvalue weighted by molar-refractivity contribution is 6.02. The summed E-state index contributed by atoms with van der Waals surface area (Å²) in [6, 6.07) is 10.8. The standard InChI is InChI=1S/C21H27N5O3/c1-2-22-21(24-12-11-23-19(27)16-7-8-16)25-14-15-5-9-17(10-6-15)26-20(28)18-4-3-13-29-18/h3-6,9-10,13,16H,2,7-8,11-12,14H2,1H3,(H,23,27)(H,26,28)(H2,22,24,25). The fourth-order valence-corrected chi connectivity index (χ4v) is 2.66. The molecule has 1 aromatic heterocycles. The molecule has 0 radical (unpaired) electrons. The number of nitrogens with one attached hydrogen (secondary N) is 4. The van der Waals surface area contributed by atoms with Crippen LogP contribution in [0.25, 0.3) is 0 Å². The molecule has 1 aliphatic rings. The summed E-state index contributed by atoms with van der Waals surface area (Å²) >= 11 is 0. The van der Waals surface area contributed by atoms with Crippen LogP contribution in [0.2, 0.25) is 0 Å². The number of hydrogen-bond donors (Lipinski definition) is 4. The average Bonchev–Trinajstić information content (AvgIpc) is 3.44. The molecular weight excluding hydrogens is 370 g/mol. The number of amides is 2. The summed E-state index contributed by atoms with van der Waals surface area (Å²) in [4.78, 5) is 28.2. The maximum Gasteiger partial charge on any atom is 0.291 e. The van der Waals surface area contributed by atoms with E-state index in [4.69, 9.17) is 4.42 Å². The van der Waals surface area contributed by atoms with Gasteiger partial charge in [-0.2, -0.15) is 0 Å². The van der Waals surface area contributed by atoms with Crippen LogP contribution < -0.4 is 21.3 Å². The van der Waals surface area contributed by atoms with Gasteiger partial charge in [-0.25, -0.2) is 4.99 Å². The number of furan rings is 1. The van der Waals surface area contributed by atoms with Crippen LogP contribution in [-0.4, -0.2) is 37.4 Å². The molecule has 0 aliphatic heterocycles. The highest BCUT2D eigenvalue weighted by atomic mass is 16.3. The second-order valence-electron chi connectivity index (χ2n) is 6.82. The molecule has 2 amide bonds. The molecule has 2 aromatic rings. The van der Waals surface area contributed by atoms with E-state index in [9.17, 15) is 9.59 Å². The summed E-state index contributed by atoms with van der Waals surface area (Å²) in [5.41, 5.74) is 1.70. The molecule has 4 N–H and O–H groups in total. The van der Waals surface area contributed by atoms with Crippen molar-refractivity contribution < 1.29 is 14.0 Å². The van der Waals surface area contributed by atoms with Gasteiger partial charge < -0.3 is 25.7 Å². The van der Waals surface area contributed by atoms with Gasteiger partial charge in [-0.05, 0) is 49.6 Å². The van der Waals surface area contributed by atoms with Crippen molar-refractivity contribution in [1.29, 1.82) is 0 Å². The quantitative estimate of drug-likeness (QED) is 0.294. The third-order valence-electron chi connectivity index (χ3n) is 4.39. The van der Waals surface area contributed by atoms with E-state index in [1.54, 1.807) is 12.1 Å². The molecule has 0 spiro atoms. The van der Waals surface area contributed by atoms with Gasteiger partial charge in [-0.15, -0.1) is 0 Å². The molecule has 1 saturated carbocycles. The van der Waals surface area contributed by atoms with Gasteiger partial charge in [0.2, 0.25) is 5.91 Å². The van der Waals surface area contributed by atoms with Gasteiger partial charge in [0, 0.05) is 31.2 Å². The molecule has 1 fully saturated rings. The van der Waals surface area contributed by atoms with Crippen LogP contribution in [0, 0.1) is 5.92 Å². The first-order valence-electron chi connectivity index (χ1n) is 9.89. The van der Waals surface area contributed by atoms with Crippen molar-refractivity contribution >= 4 is 23.5 Å². The lowest BCUT2D eigenvalue weighted by atomic mass is 10.2. The number of carbonyl (C=O) groups excluding carboxylic acids is 2. The van der Waals surface area contributed by atoms with Gasteiger partial charge in [0.05, 0.1) is 12.8 Å². The molecule has 1 aliphatic carbocycles. The van der Waals surface area contributed by atoms with Crippen LogP contribution in [0.15, 0.2) is 52.1 Å². The Kier molecular flexibility index (Phi) is 7.27. The smallest absolute Gasteiger partial charge is 0.291 e. The van der Waals surface area contributed by atoms with Crippen LogP contribution in [-0.2, 0) is 11.3 Å². The Morgan fingerprint density at radius 3 is 2.48 bits per heavy atom. The fourth-order valence-electron chi connectivity index (χ4n) is 2.66. The van der Waals surface area contributed by atoms with E-state index in [0.717, 1.165) is 24.9 Å². The minimum atomic E-state index is -0.284. The van der Waals surface area contributed by atoms with Crippen molar-refractivity contribution in [1.82, 2.24) is 16.0 Å². The minimum absolute atomic E-state index is 0.146. The average molecular weight is 397 g/mol. The molecule has 1 heterocycles. The Labute approximate surface area is 170 Å². The van der Waals surface area contributed by atoms with Crippen molar-refractivity contribution in [3.8, 4) is 0 Å². The molecule has 1 aromatic carbocycles. The molecule has 0 bridgehead atoms. The van der Waals surface area contributed by atoms with Gasteiger partial charge in [-0.1, -0.05) is 12.1 Å². The predicted molar refractivity (Wildman–Crippen MR) is 112 cm³/mol. The van der Waals surface area contributed by atoms with E-state index in [-0.39, 0.29) is 23.5 Å². The van der Waals surface area contributed by atoms with Gasteiger partial charge in [0.25, 0.3) is 5.91 Å². The molecule has 8 nitrogen and oxygen atoms in total. The predicted octanol–water partition coefficient (Wildman–Crippen LogP) is 2.11. The first kappa shape index (κ1) is 20.4. The first-order valence-corrected chi connectivity index (χ1v) is 9.89. The highest BCUT2D eigenvalue weighted by Gasteiger charge is 2.28. The van der Waals surface area contributed by atoms with Gasteiger partial charge >= 0.3 is 0 Å². The molecule has 0 saturated heterocycles. The van der Waals surface area contributed by atoms with Crippen LogP contribution in [0.4, 0.5) is 5.69 Å². The van der Waals surface area contributed by atoms with E-state index in [1.165, 1.54) is 6.26 Å². The molecule has 0 atom stereocenters. The Balaban J connectivity index is 1.45. The lowest BCUT2D eigenvalue weighted by Crippen LogP contribution is -2.41. The summed E-state index contributed by atoms with van der Waals surface area (Å²) in [6.45, 7) is 4.43. The summed E-state index contributed by atoms with van der Waals surface area (Å²) in [5, 5.41) is 12.1. The second-order valence-corrected chi connectivity index (χ2v) is 6.82. The number of anilines is 1. The Morgan fingerprint density at radius 1 is 1.07 bits per heavy atom. The van der Waals surface area contributed by atoms with Crippen molar-refractivity contribution in [2.75, 3.05) is 25.0 Å². The number of hydrogen-bond acceptors (Lipinski definition) is 4. The number of nitrogens with zero attached hydrogens (tertiary/aromatic N) is 1. The Morgan fingerprint density at radius 2 is 1.83 bits per heavy atom. The van der Waals surface area contributed by atoms with Crippen LogP contribution in [0.1, 0.15) is 35.9 Å². The Bertz CT molecular complexity index is 827. The molecule has 0 unspecified atom stereocenters. The van der Waals surface area contributed by atoms with E-state index in [1.807, 2.05) is 31.2 Å². The summed E-state index contributed by atoms with van der Waals surface area (Å²) in [7, 11) is 0. The molecular formula is C21H27N5O3. The minimum Gasteiger partial charge on any atom is -0.459 e. The summed E-state index contributed by atoms with van der Waals surface area (Å²) in [5.74, 6) is 1.06. The lowest BCUT2D eigenvalue weighted by Gasteiger charge is -2.12. The van der Waals surface area contributed by atoms with Crippen LogP contribution >= 0.6 is 0 Å². The Hall–Kier alpha value is -3.29. The SMILES string of the molecule is CCNC(=NCc1ccc(NC(=O)c2ccco2)cc1)NCCNC(=O)C1CC1. The number of carbonyl (C=O) groups is 2. The van der Waals surface area contributed by atoms with Crippen molar-refractivity contribution in [3.63, 3.8) is 0 Å². The number of guanidine groups is 1. The fraction of sp³-hybridized carbons (Fsp3) is 0.381.